The third kappa shape index (κ3) is 2.53. The van der Waals surface area contributed by atoms with E-state index in [0.29, 0.717) is 19.0 Å². The summed E-state index contributed by atoms with van der Waals surface area (Å²) in [7, 11) is 0. The van der Waals surface area contributed by atoms with Gasteiger partial charge in [-0.2, -0.15) is 0 Å². The quantitative estimate of drug-likeness (QED) is 0.725. The van der Waals surface area contributed by atoms with Gasteiger partial charge in [0.25, 0.3) is 0 Å². The van der Waals surface area contributed by atoms with Crippen LogP contribution in [0.1, 0.15) is 25.7 Å². The molecule has 2 saturated heterocycles. The van der Waals surface area contributed by atoms with Crippen molar-refractivity contribution in [2.75, 3.05) is 32.8 Å². The Morgan fingerprint density at radius 1 is 1.28 bits per heavy atom. The van der Waals surface area contributed by atoms with E-state index < -0.39 is 5.60 Å². The number of hydrogen-bond donors (Lipinski definition) is 2. The SMILES string of the molecule is O=C(COC1CCNCC1)N1CC(O)(C2CC2)C1. The summed E-state index contributed by atoms with van der Waals surface area (Å²) >= 11 is 0. The second-order valence-electron chi connectivity index (χ2n) is 5.89. The molecule has 102 valence electrons. The molecule has 2 aliphatic heterocycles. The minimum Gasteiger partial charge on any atom is -0.386 e. The van der Waals surface area contributed by atoms with Gasteiger partial charge in [0, 0.05) is 0 Å². The molecule has 0 unspecified atom stereocenters. The second-order valence-corrected chi connectivity index (χ2v) is 5.89. The van der Waals surface area contributed by atoms with Gasteiger partial charge in [-0.15, -0.1) is 0 Å². The number of nitrogens with zero attached hydrogens (tertiary/aromatic N) is 1. The van der Waals surface area contributed by atoms with Crippen molar-refractivity contribution in [3.8, 4) is 0 Å². The summed E-state index contributed by atoms with van der Waals surface area (Å²) in [4.78, 5) is 13.6. The van der Waals surface area contributed by atoms with Crippen molar-refractivity contribution in [1.82, 2.24) is 10.2 Å². The predicted octanol–water partition coefficient (Wildman–Crippen LogP) is -0.262. The lowest BCUT2D eigenvalue weighted by molar-refractivity contribution is -0.165. The number of piperidine rings is 1. The number of likely N-dealkylation sites (tertiary alicyclic amines) is 1. The lowest BCUT2D eigenvalue weighted by Gasteiger charge is -2.47. The summed E-state index contributed by atoms with van der Waals surface area (Å²) in [5, 5.41) is 13.4. The summed E-state index contributed by atoms with van der Waals surface area (Å²) in [6, 6.07) is 0. The van der Waals surface area contributed by atoms with Crippen LogP contribution in [0.3, 0.4) is 0 Å². The average Bonchev–Trinajstić information content (AvgIpc) is 3.18. The number of amides is 1. The molecule has 0 spiro atoms. The van der Waals surface area contributed by atoms with E-state index in [-0.39, 0.29) is 18.6 Å². The van der Waals surface area contributed by atoms with Gasteiger partial charge in [0.05, 0.1) is 19.2 Å². The maximum absolute atomic E-state index is 11.9. The first-order valence-electron chi connectivity index (χ1n) is 7.00. The molecular weight excluding hydrogens is 232 g/mol. The number of hydrogen-bond acceptors (Lipinski definition) is 4. The molecule has 0 bridgehead atoms. The van der Waals surface area contributed by atoms with Gasteiger partial charge in [0.1, 0.15) is 12.2 Å². The number of carbonyl (C=O) groups is 1. The molecule has 2 heterocycles. The maximum Gasteiger partial charge on any atom is 0.248 e. The molecule has 18 heavy (non-hydrogen) atoms. The first-order chi connectivity index (χ1) is 8.67. The van der Waals surface area contributed by atoms with Crippen LogP contribution < -0.4 is 5.32 Å². The molecule has 5 nitrogen and oxygen atoms in total. The molecular formula is C13H22N2O3. The first kappa shape index (κ1) is 12.4. The monoisotopic (exact) mass is 254 g/mol. The predicted molar refractivity (Wildman–Crippen MR) is 66.1 cm³/mol. The van der Waals surface area contributed by atoms with Crippen molar-refractivity contribution in [3.05, 3.63) is 0 Å². The van der Waals surface area contributed by atoms with E-state index in [2.05, 4.69) is 5.32 Å². The molecule has 3 aliphatic rings. The number of ether oxygens (including phenoxy) is 1. The average molecular weight is 254 g/mol. The van der Waals surface area contributed by atoms with E-state index in [4.69, 9.17) is 4.74 Å². The smallest absolute Gasteiger partial charge is 0.248 e. The van der Waals surface area contributed by atoms with Gasteiger partial charge in [-0.25, -0.2) is 0 Å². The fourth-order valence-electron chi connectivity index (χ4n) is 2.91. The van der Waals surface area contributed by atoms with Crippen LogP contribution in [0.15, 0.2) is 0 Å². The number of nitrogens with one attached hydrogen (secondary N) is 1. The highest BCUT2D eigenvalue weighted by atomic mass is 16.5. The van der Waals surface area contributed by atoms with E-state index in [1.54, 1.807) is 4.90 Å². The van der Waals surface area contributed by atoms with Crippen LogP contribution in [-0.4, -0.2) is 60.4 Å². The second kappa shape index (κ2) is 4.79. The molecule has 0 aromatic rings. The summed E-state index contributed by atoms with van der Waals surface area (Å²) in [5.74, 6) is 0.464. The summed E-state index contributed by atoms with van der Waals surface area (Å²) in [6.45, 7) is 3.14. The van der Waals surface area contributed by atoms with Crippen molar-refractivity contribution >= 4 is 5.91 Å². The highest BCUT2D eigenvalue weighted by Gasteiger charge is 2.53. The standard InChI is InChI=1S/C13H22N2O3/c16-12(7-18-11-3-5-14-6-4-11)15-8-13(17,9-15)10-1-2-10/h10-11,14,17H,1-9H2. The molecule has 3 fully saturated rings. The molecule has 1 aliphatic carbocycles. The van der Waals surface area contributed by atoms with Crippen molar-refractivity contribution in [2.24, 2.45) is 5.92 Å². The Labute approximate surface area is 107 Å². The molecule has 2 N–H and O–H groups in total. The van der Waals surface area contributed by atoms with E-state index in [1.807, 2.05) is 0 Å². The minimum atomic E-state index is -0.579. The number of rotatable bonds is 4. The van der Waals surface area contributed by atoms with Gasteiger partial charge in [0.15, 0.2) is 0 Å². The number of β-amino-alcohol motifs (C(OH)–C–C–N with tert-alkyl or cyclic N) is 1. The fraction of sp³-hybridized carbons (Fsp3) is 0.923. The highest BCUT2D eigenvalue weighted by Crippen LogP contribution is 2.44. The van der Waals surface area contributed by atoms with Crippen LogP contribution >= 0.6 is 0 Å². The van der Waals surface area contributed by atoms with Crippen molar-refractivity contribution in [3.63, 3.8) is 0 Å². The van der Waals surface area contributed by atoms with Crippen molar-refractivity contribution in [2.45, 2.75) is 37.4 Å². The van der Waals surface area contributed by atoms with Crippen LogP contribution in [0.2, 0.25) is 0 Å². The van der Waals surface area contributed by atoms with Crippen LogP contribution in [-0.2, 0) is 9.53 Å². The molecule has 3 rings (SSSR count). The molecule has 5 heteroatoms. The number of aliphatic hydroxyl groups is 1. The largest absolute Gasteiger partial charge is 0.386 e. The maximum atomic E-state index is 11.9. The van der Waals surface area contributed by atoms with Crippen molar-refractivity contribution < 1.29 is 14.6 Å². The normalized spacial score (nSPS) is 27.9. The van der Waals surface area contributed by atoms with Crippen LogP contribution in [0.4, 0.5) is 0 Å². The van der Waals surface area contributed by atoms with Gasteiger partial charge < -0.3 is 20.1 Å². The Hall–Kier alpha value is -0.650. The van der Waals surface area contributed by atoms with Gasteiger partial charge in [-0.3, -0.25) is 4.79 Å². The van der Waals surface area contributed by atoms with Crippen LogP contribution in [0.25, 0.3) is 0 Å². The molecule has 1 amide bonds. The zero-order chi connectivity index (χ0) is 12.6. The first-order valence-corrected chi connectivity index (χ1v) is 7.00. The zero-order valence-electron chi connectivity index (χ0n) is 10.7. The lowest BCUT2D eigenvalue weighted by Crippen LogP contribution is -2.65. The molecule has 0 atom stereocenters. The Balaban J connectivity index is 1.37. The van der Waals surface area contributed by atoms with E-state index in [9.17, 15) is 9.90 Å². The number of carbonyl (C=O) groups excluding carboxylic acids is 1. The van der Waals surface area contributed by atoms with Gasteiger partial charge in [0.2, 0.25) is 5.91 Å². The van der Waals surface area contributed by atoms with Gasteiger partial charge >= 0.3 is 0 Å². The summed E-state index contributed by atoms with van der Waals surface area (Å²) < 4.78 is 5.63. The molecule has 0 aromatic heterocycles. The highest BCUT2D eigenvalue weighted by molar-refractivity contribution is 5.78. The molecule has 1 saturated carbocycles. The third-order valence-corrected chi connectivity index (χ3v) is 4.35. The minimum absolute atomic E-state index is 0.0267. The van der Waals surface area contributed by atoms with Crippen LogP contribution in [0.5, 0.6) is 0 Å². The van der Waals surface area contributed by atoms with E-state index >= 15 is 0 Å². The fourth-order valence-corrected chi connectivity index (χ4v) is 2.91. The van der Waals surface area contributed by atoms with E-state index in [0.717, 1.165) is 38.8 Å². The van der Waals surface area contributed by atoms with Gasteiger partial charge in [-0.1, -0.05) is 0 Å². The molecule has 0 aromatic carbocycles. The summed E-state index contributed by atoms with van der Waals surface area (Å²) in [5.41, 5.74) is -0.579. The zero-order valence-corrected chi connectivity index (χ0v) is 10.7. The lowest BCUT2D eigenvalue weighted by atomic mass is 9.89. The Kier molecular flexibility index (Phi) is 3.30. The van der Waals surface area contributed by atoms with Crippen LogP contribution in [0, 0.1) is 5.92 Å². The third-order valence-electron chi connectivity index (χ3n) is 4.35. The summed E-state index contributed by atoms with van der Waals surface area (Å²) in [6.07, 6.45) is 4.42. The van der Waals surface area contributed by atoms with Gasteiger partial charge in [-0.05, 0) is 44.7 Å². The Bertz CT molecular complexity index is 318. The Morgan fingerprint density at radius 2 is 1.94 bits per heavy atom. The van der Waals surface area contributed by atoms with E-state index in [1.165, 1.54) is 0 Å². The topological polar surface area (TPSA) is 61.8 Å². The Morgan fingerprint density at radius 3 is 2.56 bits per heavy atom. The molecule has 0 radical (unpaired) electrons. The van der Waals surface area contributed by atoms with Crippen molar-refractivity contribution in [1.29, 1.82) is 0 Å².